The third-order valence-corrected chi connectivity index (χ3v) is 5.97. The van der Waals surface area contributed by atoms with Crippen LogP contribution in [0.25, 0.3) is 5.65 Å². The third-order valence-electron chi connectivity index (χ3n) is 5.97. The van der Waals surface area contributed by atoms with Crippen molar-refractivity contribution in [3.05, 3.63) is 84.2 Å². The van der Waals surface area contributed by atoms with Crippen molar-refractivity contribution in [2.75, 3.05) is 10.6 Å². The lowest BCUT2D eigenvalue weighted by molar-refractivity contribution is 0.410. The molecule has 0 amide bonds. The van der Waals surface area contributed by atoms with Gasteiger partial charge in [-0.3, -0.25) is 0 Å². The van der Waals surface area contributed by atoms with Crippen LogP contribution in [0.1, 0.15) is 36.8 Å². The number of hydrogen-bond donors (Lipinski definition) is 3. The average Bonchev–Trinajstić information content (AvgIpc) is 3.26. The molecule has 1 fully saturated rings. The minimum absolute atomic E-state index is 0.337. The number of fused-ring (bicyclic) bond motifs is 1. The molecule has 4 N–H and O–H groups in total. The predicted octanol–water partition coefficient (Wildman–Crippen LogP) is 4.75. The Hall–Kier alpha value is -3.38. The Morgan fingerprint density at radius 3 is 2.45 bits per heavy atom. The fourth-order valence-electron chi connectivity index (χ4n) is 4.24. The summed E-state index contributed by atoms with van der Waals surface area (Å²) in [6.45, 7) is 0. The maximum Gasteiger partial charge on any atom is 0.177 e. The van der Waals surface area contributed by atoms with Crippen molar-refractivity contribution in [2.45, 2.75) is 44.2 Å². The van der Waals surface area contributed by atoms with Gasteiger partial charge in [-0.15, -0.1) is 5.10 Å². The van der Waals surface area contributed by atoms with Gasteiger partial charge in [0.25, 0.3) is 0 Å². The number of anilines is 3. The van der Waals surface area contributed by atoms with Gasteiger partial charge in [0.1, 0.15) is 5.82 Å². The number of aromatic nitrogens is 3. The van der Waals surface area contributed by atoms with E-state index < -0.39 is 0 Å². The molecule has 0 aliphatic heterocycles. The quantitative estimate of drug-likeness (QED) is 0.426. The van der Waals surface area contributed by atoms with E-state index in [0.717, 1.165) is 54.9 Å². The van der Waals surface area contributed by atoms with Crippen molar-refractivity contribution in [2.24, 2.45) is 5.73 Å². The summed E-state index contributed by atoms with van der Waals surface area (Å²) >= 11 is 0. The maximum absolute atomic E-state index is 6.05. The van der Waals surface area contributed by atoms with Crippen LogP contribution in [-0.4, -0.2) is 26.7 Å². The molecular formula is C25H28N6. The SMILES string of the molecule is N[C@H]1CC[C@H](Nc2cc(Nc3ccc(Cc4ccccc4)cc3)c3nccn3n2)CC1. The van der Waals surface area contributed by atoms with Crippen LogP contribution in [0, 0.1) is 0 Å². The molecule has 31 heavy (non-hydrogen) atoms. The highest BCUT2D eigenvalue weighted by Crippen LogP contribution is 2.26. The zero-order chi connectivity index (χ0) is 21.0. The van der Waals surface area contributed by atoms with Gasteiger partial charge in [0.15, 0.2) is 5.65 Å². The smallest absolute Gasteiger partial charge is 0.177 e. The maximum atomic E-state index is 6.05. The lowest BCUT2D eigenvalue weighted by Crippen LogP contribution is -2.33. The van der Waals surface area contributed by atoms with Crippen LogP contribution in [0.4, 0.5) is 17.2 Å². The number of hydrogen-bond acceptors (Lipinski definition) is 5. The van der Waals surface area contributed by atoms with Gasteiger partial charge in [-0.25, -0.2) is 9.50 Å². The van der Waals surface area contributed by atoms with Gasteiger partial charge in [0.2, 0.25) is 0 Å². The van der Waals surface area contributed by atoms with Crippen LogP contribution in [0.3, 0.4) is 0 Å². The van der Waals surface area contributed by atoms with Crippen LogP contribution < -0.4 is 16.4 Å². The van der Waals surface area contributed by atoms with E-state index in [9.17, 15) is 0 Å². The number of benzene rings is 2. The molecule has 0 saturated heterocycles. The molecule has 0 unspecified atom stereocenters. The number of nitrogens with one attached hydrogen (secondary N) is 2. The first-order valence-electron chi connectivity index (χ1n) is 11.0. The van der Waals surface area contributed by atoms with E-state index in [4.69, 9.17) is 5.73 Å². The van der Waals surface area contributed by atoms with E-state index in [1.807, 2.05) is 16.8 Å². The number of nitrogens with zero attached hydrogens (tertiary/aromatic N) is 3. The molecule has 2 heterocycles. The molecule has 0 spiro atoms. The second kappa shape index (κ2) is 8.78. The molecule has 2 aromatic carbocycles. The van der Waals surface area contributed by atoms with Crippen molar-refractivity contribution in [1.29, 1.82) is 0 Å². The molecule has 0 atom stereocenters. The zero-order valence-corrected chi connectivity index (χ0v) is 17.5. The van der Waals surface area contributed by atoms with Crippen LogP contribution in [0.5, 0.6) is 0 Å². The minimum atomic E-state index is 0.337. The first-order chi connectivity index (χ1) is 15.2. The minimum Gasteiger partial charge on any atom is -0.366 e. The lowest BCUT2D eigenvalue weighted by atomic mass is 9.92. The van der Waals surface area contributed by atoms with Gasteiger partial charge in [0.05, 0.1) is 5.69 Å². The molecule has 0 bridgehead atoms. The summed E-state index contributed by atoms with van der Waals surface area (Å²) in [5, 5.41) is 11.8. The molecule has 6 heteroatoms. The van der Waals surface area contributed by atoms with E-state index in [1.54, 1.807) is 6.20 Å². The standard InChI is InChI=1S/C25H28N6/c26-20-8-12-22(13-9-20)29-24-17-23(25-27-14-15-31(25)30-24)28-21-10-6-19(7-11-21)16-18-4-2-1-3-5-18/h1-7,10-11,14-15,17,20,22,28H,8-9,12-13,16,26H2,(H,29,30)/t20-,22-. The highest BCUT2D eigenvalue weighted by atomic mass is 15.3. The van der Waals surface area contributed by atoms with Crippen molar-refractivity contribution in [1.82, 2.24) is 14.6 Å². The molecule has 2 aromatic heterocycles. The monoisotopic (exact) mass is 412 g/mol. The molecule has 6 nitrogen and oxygen atoms in total. The third kappa shape index (κ3) is 4.70. The molecule has 5 rings (SSSR count). The second-order valence-electron chi connectivity index (χ2n) is 8.38. The van der Waals surface area contributed by atoms with Gasteiger partial charge >= 0.3 is 0 Å². The summed E-state index contributed by atoms with van der Waals surface area (Å²) in [5.74, 6) is 0.856. The van der Waals surface area contributed by atoms with Crippen molar-refractivity contribution in [3.63, 3.8) is 0 Å². The Kier molecular flexibility index (Phi) is 5.54. The van der Waals surface area contributed by atoms with E-state index in [0.29, 0.717) is 12.1 Å². The summed E-state index contributed by atoms with van der Waals surface area (Å²) in [6, 6.07) is 21.9. The van der Waals surface area contributed by atoms with Gasteiger partial charge < -0.3 is 16.4 Å². The van der Waals surface area contributed by atoms with E-state index in [2.05, 4.69) is 75.3 Å². The normalized spacial score (nSPS) is 18.7. The average molecular weight is 413 g/mol. The summed E-state index contributed by atoms with van der Waals surface area (Å²) in [6.07, 6.45) is 8.87. The van der Waals surface area contributed by atoms with Crippen LogP contribution >= 0.6 is 0 Å². The number of nitrogens with two attached hydrogens (primary N) is 1. The first kappa shape index (κ1) is 19.6. The summed E-state index contributed by atoms with van der Waals surface area (Å²) in [5.41, 5.74) is 11.4. The summed E-state index contributed by atoms with van der Waals surface area (Å²) < 4.78 is 1.82. The van der Waals surface area contributed by atoms with Gasteiger partial charge in [0, 0.05) is 36.2 Å². The molecular weight excluding hydrogens is 384 g/mol. The highest BCUT2D eigenvalue weighted by molar-refractivity contribution is 5.75. The Labute approximate surface area is 182 Å². The van der Waals surface area contributed by atoms with E-state index in [-0.39, 0.29) is 0 Å². The van der Waals surface area contributed by atoms with Crippen molar-refractivity contribution >= 4 is 22.8 Å². The molecule has 158 valence electrons. The topological polar surface area (TPSA) is 80.3 Å². The van der Waals surface area contributed by atoms with Gasteiger partial charge in [-0.1, -0.05) is 42.5 Å². The largest absolute Gasteiger partial charge is 0.366 e. The van der Waals surface area contributed by atoms with Gasteiger partial charge in [-0.05, 0) is 55.4 Å². The van der Waals surface area contributed by atoms with Crippen LogP contribution in [0.2, 0.25) is 0 Å². The van der Waals surface area contributed by atoms with Crippen molar-refractivity contribution < 1.29 is 0 Å². The first-order valence-corrected chi connectivity index (χ1v) is 11.0. The van der Waals surface area contributed by atoms with Crippen LogP contribution in [0.15, 0.2) is 73.1 Å². The molecule has 0 radical (unpaired) electrons. The molecule has 1 saturated carbocycles. The number of rotatable bonds is 6. The second-order valence-corrected chi connectivity index (χ2v) is 8.38. The van der Waals surface area contributed by atoms with E-state index in [1.165, 1.54) is 11.1 Å². The van der Waals surface area contributed by atoms with Crippen LogP contribution in [-0.2, 0) is 6.42 Å². The zero-order valence-electron chi connectivity index (χ0n) is 17.5. The van der Waals surface area contributed by atoms with Crippen molar-refractivity contribution in [3.8, 4) is 0 Å². The molecule has 1 aliphatic rings. The highest BCUT2D eigenvalue weighted by Gasteiger charge is 2.19. The predicted molar refractivity (Wildman–Crippen MR) is 126 cm³/mol. The fraction of sp³-hybridized carbons (Fsp3) is 0.280. The lowest BCUT2D eigenvalue weighted by Gasteiger charge is -2.27. The van der Waals surface area contributed by atoms with Gasteiger partial charge in [-0.2, -0.15) is 0 Å². The Balaban J connectivity index is 1.33. The summed E-state index contributed by atoms with van der Waals surface area (Å²) in [7, 11) is 0. The molecule has 1 aliphatic carbocycles. The Bertz CT molecular complexity index is 1130. The fourth-order valence-corrected chi connectivity index (χ4v) is 4.24. The van der Waals surface area contributed by atoms with E-state index >= 15 is 0 Å². The number of imidazole rings is 1. The Morgan fingerprint density at radius 1 is 0.935 bits per heavy atom. The molecule has 4 aromatic rings. The summed E-state index contributed by atoms with van der Waals surface area (Å²) in [4.78, 5) is 4.48. The Morgan fingerprint density at radius 2 is 1.68 bits per heavy atom.